The van der Waals surface area contributed by atoms with Crippen LogP contribution in [0.5, 0.6) is 0 Å². The van der Waals surface area contributed by atoms with E-state index in [-0.39, 0.29) is 0 Å². The molecule has 4 heteroatoms. The number of aromatic amines is 1. The summed E-state index contributed by atoms with van der Waals surface area (Å²) < 4.78 is 0. The largest absolute Gasteiger partial charge is 0.317 e. The number of likely N-dealkylation sites (N-methyl/N-ethyl adjacent to an activating group) is 1. The van der Waals surface area contributed by atoms with Crippen molar-refractivity contribution in [2.45, 2.75) is 20.3 Å². The van der Waals surface area contributed by atoms with Gasteiger partial charge in [0.05, 0.1) is 0 Å². The van der Waals surface area contributed by atoms with Crippen LogP contribution in [-0.2, 0) is 6.42 Å². The van der Waals surface area contributed by atoms with Crippen molar-refractivity contribution in [2.75, 3.05) is 13.1 Å². The lowest BCUT2D eigenvalue weighted by Gasteiger charge is -1.95. The van der Waals surface area contributed by atoms with Gasteiger partial charge in [-0.2, -0.15) is 5.10 Å². The summed E-state index contributed by atoms with van der Waals surface area (Å²) in [6.45, 7) is 5.95. The highest BCUT2D eigenvalue weighted by Gasteiger charge is 1.96. The molecular formula is C7H14N4. The quantitative estimate of drug-likeness (QED) is 0.612. The maximum absolute atomic E-state index is 4.18. The Morgan fingerprint density at radius 1 is 1.55 bits per heavy atom. The van der Waals surface area contributed by atoms with Crippen LogP contribution >= 0.6 is 0 Å². The van der Waals surface area contributed by atoms with Crippen LogP contribution in [0, 0.1) is 6.92 Å². The lowest BCUT2D eigenvalue weighted by molar-refractivity contribution is 0.698. The fourth-order valence-electron chi connectivity index (χ4n) is 0.878. The number of hydrogen-bond donors (Lipinski definition) is 2. The van der Waals surface area contributed by atoms with E-state index in [0.29, 0.717) is 0 Å². The molecule has 4 nitrogen and oxygen atoms in total. The molecule has 0 bridgehead atoms. The first-order valence-electron chi connectivity index (χ1n) is 3.91. The van der Waals surface area contributed by atoms with Crippen molar-refractivity contribution >= 4 is 0 Å². The molecular weight excluding hydrogens is 140 g/mol. The molecule has 0 atom stereocenters. The average molecular weight is 154 g/mol. The molecule has 0 aliphatic heterocycles. The van der Waals surface area contributed by atoms with Gasteiger partial charge in [-0.25, -0.2) is 4.98 Å². The smallest absolute Gasteiger partial charge is 0.151 e. The normalized spacial score (nSPS) is 10.4. The molecule has 0 saturated carbocycles. The third-order valence-corrected chi connectivity index (χ3v) is 1.42. The van der Waals surface area contributed by atoms with Crippen LogP contribution < -0.4 is 5.32 Å². The highest BCUT2D eigenvalue weighted by atomic mass is 15.2. The summed E-state index contributed by atoms with van der Waals surface area (Å²) in [5.41, 5.74) is 0. The van der Waals surface area contributed by atoms with Crippen LogP contribution in [0.1, 0.15) is 18.6 Å². The fourth-order valence-corrected chi connectivity index (χ4v) is 0.878. The lowest BCUT2D eigenvalue weighted by Crippen LogP contribution is -2.16. The third kappa shape index (κ3) is 2.67. The van der Waals surface area contributed by atoms with Gasteiger partial charge in [-0.15, -0.1) is 0 Å². The highest BCUT2D eigenvalue weighted by Crippen LogP contribution is 1.89. The molecule has 0 fully saturated rings. The molecule has 0 radical (unpaired) electrons. The first kappa shape index (κ1) is 8.20. The van der Waals surface area contributed by atoms with Crippen molar-refractivity contribution in [3.63, 3.8) is 0 Å². The molecule has 0 amide bonds. The van der Waals surface area contributed by atoms with Gasteiger partial charge in [0.2, 0.25) is 0 Å². The summed E-state index contributed by atoms with van der Waals surface area (Å²) in [5, 5.41) is 10.0. The minimum atomic E-state index is 0.886. The second-order valence-corrected chi connectivity index (χ2v) is 2.44. The first-order valence-corrected chi connectivity index (χ1v) is 3.91. The third-order valence-electron chi connectivity index (χ3n) is 1.42. The van der Waals surface area contributed by atoms with E-state index in [1.807, 2.05) is 6.92 Å². The molecule has 11 heavy (non-hydrogen) atoms. The van der Waals surface area contributed by atoms with Gasteiger partial charge in [0.1, 0.15) is 5.82 Å². The number of hydrogen-bond acceptors (Lipinski definition) is 3. The molecule has 62 valence electrons. The van der Waals surface area contributed by atoms with Crippen LogP contribution in [0.25, 0.3) is 0 Å². The maximum Gasteiger partial charge on any atom is 0.151 e. The number of aromatic nitrogens is 3. The number of nitrogens with one attached hydrogen (secondary N) is 2. The van der Waals surface area contributed by atoms with Crippen LogP contribution in [-0.4, -0.2) is 28.3 Å². The zero-order chi connectivity index (χ0) is 8.10. The van der Waals surface area contributed by atoms with Crippen molar-refractivity contribution < 1.29 is 0 Å². The van der Waals surface area contributed by atoms with E-state index in [1.165, 1.54) is 0 Å². The molecule has 0 saturated heterocycles. The van der Waals surface area contributed by atoms with E-state index in [4.69, 9.17) is 0 Å². The Bertz CT molecular complexity index is 206. The Kier molecular flexibility index (Phi) is 3.04. The Labute approximate surface area is 66.4 Å². The van der Waals surface area contributed by atoms with Crippen molar-refractivity contribution in [1.29, 1.82) is 0 Å². The number of nitrogens with zero attached hydrogens (tertiary/aromatic N) is 2. The van der Waals surface area contributed by atoms with Crippen molar-refractivity contribution in [1.82, 2.24) is 20.5 Å². The standard InChI is InChI=1S/C7H14N4/c1-3-8-5-4-7-9-6(2)10-11-7/h8H,3-5H2,1-2H3,(H,9,10,11). The molecule has 0 aromatic carbocycles. The second-order valence-electron chi connectivity index (χ2n) is 2.44. The summed E-state index contributed by atoms with van der Waals surface area (Å²) in [6, 6.07) is 0. The minimum absolute atomic E-state index is 0.886. The van der Waals surface area contributed by atoms with Gasteiger partial charge in [0, 0.05) is 13.0 Å². The van der Waals surface area contributed by atoms with Crippen molar-refractivity contribution in [2.24, 2.45) is 0 Å². The molecule has 1 rings (SSSR count). The molecule has 0 unspecified atom stereocenters. The Morgan fingerprint density at radius 3 is 2.91 bits per heavy atom. The Balaban J connectivity index is 2.27. The van der Waals surface area contributed by atoms with E-state index in [0.717, 1.165) is 31.2 Å². The summed E-state index contributed by atoms with van der Waals surface area (Å²) >= 11 is 0. The predicted octanol–water partition coefficient (Wildman–Crippen LogP) is 0.265. The van der Waals surface area contributed by atoms with Gasteiger partial charge in [-0.05, 0) is 13.5 Å². The summed E-state index contributed by atoms with van der Waals surface area (Å²) in [6.07, 6.45) is 0.901. The topological polar surface area (TPSA) is 53.6 Å². The lowest BCUT2D eigenvalue weighted by atomic mass is 10.4. The van der Waals surface area contributed by atoms with Gasteiger partial charge in [-0.1, -0.05) is 6.92 Å². The highest BCUT2D eigenvalue weighted by molar-refractivity contribution is 4.87. The van der Waals surface area contributed by atoms with Crippen LogP contribution in [0.4, 0.5) is 0 Å². The number of aryl methyl sites for hydroxylation is 1. The van der Waals surface area contributed by atoms with E-state index in [9.17, 15) is 0 Å². The monoisotopic (exact) mass is 154 g/mol. The number of rotatable bonds is 4. The molecule has 0 spiro atoms. The van der Waals surface area contributed by atoms with E-state index >= 15 is 0 Å². The van der Waals surface area contributed by atoms with Crippen LogP contribution in [0.3, 0.4) is 0 Å². The summed E-state index contributed by atoms with van der Waals surface area (Å²) in [4.78, 5) is 4.18. The molecule has 0 aliphatic rings. The number of H-pyrrole nitrogens is 1. The first-order chi connectivity index (χ1) is 5.33. The fraction of sp³-hybridized carbons (Fsp3) is 0.714. The van der Waals surface area contributed by atoms with E-state index in [1.54, 1.807) is 0 Å². The Morgan fingerprint density at radius 2 is 2.36 bits per heavy atom. The summed E-state index contributed by atoms with van der Waals surface area (Å²) in [7, 11) is 0. The second kappa shape index (κ2) is 4.08. The summed E-state index contributed by atoms with van der Waals surface area (Å²) in [5.74, 6) is 1.78. The average Bonchev–Trinajstić information content (AvgIpc) is 2.37. The van der Waals surface area contributed by atoms with Crippen molar-refractivity contribution in [3.05, 3.63) is 11.6 Å². The van der Waals surface area contributed by atoms with Gasteiger partial charge >= 0.3 is 0 Å². The zero-order valence-electron chi connectivity index (χ0n) is 7.02. The zero-order valence-corrected chi connectivity index (χ0v) is 7.02. The van der Waals surface area contributed by atoms with Crippen LogP contribution in [0.2, 0.25) is 0 Å². The van der Waals surface area contributed by atoms with Crippen LogP contribution in [0.15, 0.2) is 0 Å². The molecule has 1 heterocycles. The van der Waals surface area contributed by atoms with Gasteiger partial charge < -0.3 is 5.32 Å². The Hall–Kier alpha value is -0.900. The molecule has 0 aliphatic carbocycles. The molecule has 1 aromatic rings. The molecule has 1 aromatic heterocycles. The van der Waals surface area contributed by atoms with Gasteiger partial charge in [0.25, 0.3) is 0 Å². The molecule has 2 N–H and O–H groups in total. The minimum Gasteiger partial charge on any atom is -0.317 e. The predicted molar refractivity (Wildman–Crippen MR) is 43.4 cm³/mol. The van der Waals surface area contributed by atoms with Crippen molar-refractivity contribution in [3.8, 4) is 0 Å². The maximum atomic E-state index is 4.18. The van der Waals surface area contributed by atoms with Gasteiger partial charge in [-0.3, -0.25) is 5.10 Å². The van der Waals surface area contributed by atoms with Gasteiger partial charge in [0.15, 0.2) is 5.82 Å². The van der Waals surface area contributed by atoms with E-state index in [2.05, 4.69) is 27.4 Å². The SMILES string of the molecule is CCNCCc1n[nH]c(C)n1. The van der Waals surface area contributed by atoms with E-state index < -0.39 is 0 Å².